The van der Waals surface area contributed by atoms with Gasteiger partial charge in [-0.2, -0.15) is 0 Å². The van der Waals surface area contributed by atoms with E-state index in [1.807, 2.05) is 6.20 Å². The first-order valence-corrected chi connectivity index (χ1v) is 14.1. The predicted octanol–water partition coefficient (Wildman–Crippen LogP) is 5.11. The Morgan fingerprint density at radius 1 is 1.08 bits per heavy atom. The molecule has 2 aromatic rings. The zero-order valence-corrected chi connectivity index (χ0v) is 22.3. The highest BCUT2D eigenvalue weighted by Crippen LogP contribution is 2.71. The molecule has 4 aliphatic carbocycles. The second-order valence-corrected chi connectivity index (χ2v) is 12.4. The van der Waals surface area contributed by atoms with E-state index >= 15 is 0 Å². The average molecular weight is 533 g/mol. The molecule has 0 amide bonds. The maximum absolute atomic E-state index is 12.8. The van der Waals surface area contributed by atoms with Crippen molar-refractivity contribution in [3.63, 3.8) is 0 Å². The Bertz CT molecular complexity index is 1130. The third kappa shape index (κ3) is 5.39. The molecular weight excluding hydrogens is 493 g/mol. The minimum atomic E-state index is -4.82. The number of aryl methyl sites for hydroxylation is 1. The van der Waals surface area contributed by atoms with Crippen molar-refractivity contribution < 1.29 is 17.9 Å². The summed E-state index contributed by atoms with van der Waals surface area (Å²) in [6.45, 7) is 5.73. The van der Waals surface area contributed by atoms with Gasteiger partial charge >= 0.3 is 6.36 Å². The number of nitrogens with zero attached hydrogens (tertiary/aromatic N) is 5. The quantitative estimate of drug-likeness (QED) is 0.406. The molecule has 0 unspecified atom stereocenters. The van der Waals surface area contributed by atoms with E-state index in [2.05, 4.69) is 31.1 Å². The molecule has 0 spiro atoms. The van der Waals surface area contributed by atoms with Crippen molar-refractivity contribution in [2.75, 3.05) is 39.0 Å². The second-order valence-electron chi connectivity index (χ2n) is 12.4. The van der Waals surface area contributed by atoms with E-state index in [1.165, 1.54) is 89.8 Å². The summed E-state index contributed by atoms with van der Waals surface area (Å²) in [6, 6.07) is 1.28. The fourth-order valence-electron chi connectivity index (χ4n) is 7.11. The number of piperazine rings is 1. The molecule has 0 aromatic carbocycles. The van der Waals surface area contributed by atoms with Crippen LogP contribution in [0.15, 0.2) is 18.5 Å². The molecule has 5 aliphatic rings. The molecular formula is C28H39F3N6O. The molecule has 10 heteroatoms. The summed E-state index contributed by atoms with van der Waals surface area (Å²) >= 11 is 0. The van der Waals surface area contributed by atoms with Gasteiger partial charge < -0.3 is 19.9 Å². The van der Waals surface area contributed by atoms with E-state index in [9.17, 15) is 13.2 Å². The predicted molar refractivity (Wildman–Crippen MR) is 140 cm³/mol. The number of likely N-dealkylation sites (N-methyl/N-ethyl adjacent to an activating group) is 1. The first-order valence-electron chi connectivity index (χ1n) is 14.1. The molecule has 3 heterocycles. The van der Waals surface area contributed by atoms with Crippen molar-refractivity contribution in [1.29, 1.82) is 0 Å². The van der Waals surface area contributed by atoms with E-state index in [-0.39, 0.29) is 5.82 Å². The van der Waals surface area contributed by atoms with Crippen LogP contribution >= 0.6 is 0 Å². The first kappa shape index (κ1) is 25.9. The minimum absolute atomic E-state index is 0.290. The van der Waals surface area contributed by atoms with Crippen molar-refractivity contribution in [3.8, 4) is 17.0 Å². The number of hydrogen-bond acceptors (Lipinski definition) is 6. The molecule has 0 atom stereocenters. The number of imidazole rings is 1. The fourth-order valence-corrected chi connectivity index (χ4v) is 7.11. The maximum Gasteiger partial charge on any atom is 0.573 e. The summed E-state index contributed by atoms with van der Waals surface area (Å²) in [7, 11) is 2.22. The minimum Gasteiger partial charge on any atom is -0.402 e. The molecule has 4 saturated carbocycles. The molecule has 1 aliphatic heterocycles. The van der Waals surface area contributed by atoms with Gasteiger partial charge in [0.1, 0.15) is 5.82 Å². The monoisotopic (exact) mass is 532 g/mol. The lowest BCUT2D eigenvalue weighted by molar-refractivity contribution is -0.274. The molecule has 38 heavy (non-hydrogen) atoms. The zero-order valence-electron chi connectivity index (χ0n) is 22.3. The lowest BCUT2D eigenvalue weighted by Crippen LogP contribution is -2.76. The Labute approximate surface area is 222 Å². The number of halogens is 3. The van der Waals surface area contributed by atoms with E-state index in [1.54, 1.807) is 0 Å². The summed E-state index contributed by atoms with van der Waals surface area (Å²) in [5.41, 5.74) is 7.85. The second kappa shape index (κ2) is 9.70. The van der Waals surface area contributed by atoms with Gasteiger partial charge in [-0.15, -0.1) is 13.2 Å². The molecule has 208 valence electrons. The SMILES string of the molecule is CN1CCN(C23CC(CCCCCn4cc(-c5cnc(N)c(OC(F)(F)F)c5)nc4CC4CC4)(C2)C3)CC1. The van der Waals surface area contributed by atoms with Crippen LogP contribution in [0.5, 0.6) is 5.75 Å². The van der Waals surface area contributed by atoms with Crippen LogP contribution in [0.4, 0.5) is 19.0 Å². The number of aromatic nitrogens is 3. The van der Waals surface area contributed by atoms with E-state index in [4.69, 9.17) is 10.7 Å². The highest BCUT2D eigenvalue weighted by atomic mass is 19.4. The highest BCUT2D eigenvalue weighted by Gasteiger charge is 2.69. The molecule has 7 rings (SSSR count). The van der Waals surface area contributed by atoms with Crippen LogP contribution < -0.4 is 10.5 Å². The van der Waals surface area contributed by atoms with Gasteiger partial charge in [-0.1, -0.05) is 12.8 Å². The number of ether oxygens (including phenoxy) is 1. The smallest absolute Gasteiger partial charge is 0.402 e. The summed E-state index contributed by atoms with van der Waals surface area (Å²) in [5, 5.41) is 0. The topological polar surface area (TPSA) is 72.4 Å². The Hall–Kier alpha value is -2.33. The third-order valence-electron chi connectivity index (χ3n) is 9.32. The number of pyridine rings is 1. The van der Waals surface area contributed by atoms with Gasteiger partial charge in [0, 0.05) is 62.6 Å². The molecule has 7 nitrogen and oxygen atoms in total. The van der Waals surface area contributed by atoms with Crippen molar-refractivity contribution in [2.24, 2.45) is 11.3 Å². The molecule has 2 aromatic heterocycles. The third-order valence-corrected chi connectivity index (χ3v) is 9.32. The Morgan fingerprint density at radius 2 is 1.82 bits per heavy atom. The number of rotatable bonds is 11. The number of nitrogens with two attached hydrogens (primary N) is 1. The van der Waals surface area contributed by atoms with E-state index in [0.29, 0.717) is 28.1 Å². The maximum atomic E-state index is 12.8. The Balaban J connectivity index is 1.01. The van der Waals surface area contributed by atoms with E-state index in [0.717, 1.165) is 25.2 Å². The van der Waals surface area contributed by atoms with E-state index < -0.39 is 12.1 Å². The van der Waals surface area contributed by atoms with Crippen LogP contribution in [-0.2, 0) is 13.0 Å². The molecule has 2 N–H and O–H groups in total. The van der Waals surface area contributed by atoms with Gasteiger partial charge in [0.05, 0.1) is 5.69 Å². The van der Waals surface area contributed by atoms with Crippen LogP contribution in [0.1, 0.15) is 63.6 Å². The molecule has 0 radical (unpaired) electrons. The van der Waals surface area contributed by atoms with Gasteiger partial charge in [0.25, 0.3) is 0 Å². The Morgan fingerprint density at radius 3 is 2.50 bits per heavy atom. The highest BCUT2D eigenvalue weighted by molar-refractivity contribution is 5.63. The summed E-state index contributed by atoms with van der Waals surface area (Å²) in [4.78, 5) is 13.9. The lowest BCUT2D eigenvalue weighted by atomic mass is 9.37. The van der Waals surface area contributed by atoms with Gasteiger partial charge in [-0.3, -0.25) is 4.90 Å². The number of alkyl halides is 3. The number of hydrogen-bond donors (Lipinski definition) is 1. The summed E-state index contributed by atoms with van der Waals surface area (Å²) < 4.78 is 44.6. The molecule has 5 fully saturated rings. The standard InChI is InChI=1S/C28H39F3N6O/c1-35-9-11-37(12-10-35)27-17-26(18-27,19-27)7-3-2-4-8-36-16-22(34-24(36)13-20-5-6-20)21-14-23(25(32)33-15-21)38-28(29,30)31/h14-16,20H,2-13,17-19H2,1H3,(H2,32,33). The molecule has 2 bridgehead atoms. The van der Waals surface area contributed by atoms with Crippen LogP contribution in [0.25, 0.3) is 11.3 Å². The fraction of sp³-hybridized carbons (Fsp3) is 0.714. The van der Waals surface area contributed by atoms with Gasteiger partial charge in [0.15, 0.2) is 11.6 Å². The van der Waals surface area contributed by atoms with Crippen LogP contribution in [-0.4, -0.2) is 69.5 Å². The van der Waals surface area contributed by atoms with Crippen LogP contribution in [0.2, 0.25) is 0 Å². The van der Waals surface area contributed by atoms with Gasteiger partial charge in [-0.05, 0) is 69.4 Å². The summed E-state index contributed by atoms with van der Waals surface area (Å²) in [5.74, 6) is 0.888. The van der Waals surface area contributed by atoms with Crippen molar-refractivity contribution in [2.45, 2.75) is 82.7 Å². The average Bonchev–Trinajstić information content (AvgIpc) is 3.54. The zero-order chi connectivity index (χ0) is 26.5. The van der Waals surface area contributed by atoms with Crippen LogP contribution in [0.3, 0.4) is 0 Å². The largest absolute Gasteiger partial charge is 0.573 e. The van der Waals surface area contributed by atoms with Crippen molar-refractivity contribution in [1.82, 2.24) is 24.3 Å². The van der Waals surface area contributed by atoms with Gasteiger partial charge in [-0.25, -0.2) is 9.97 Å². The lowest BCUT2D eigenvalue weighted by Gasteiger charge is -2.75. The van der Waals surface area contributed by atoms with Crippen LogP contribution in [0, 0.1) is 11.3 Å². The van der Waals surface area contributed by atoms with Crippen molar-refractivity contribution >= 4 is 5.82 Å². The number of anilines is 1. The Kier molecular flexibility index (Phi) is 6.61. The molecule has 1 saturated heterocycles. The number of unbranched alkanes of at least 4 members (excludes halogenated alkanes) is 2. The van der Waals surface area contributed by atoms with Crippen molar-refractivity contribution in [3.05, 3.63) is 24.3 Å². The van der Waals surface area contributed by atoms with Gasteiger partial charge in [0.2, 0.25) is 0 Å². The summed E-state index contributed by atoms with van der Waals surface area (Å²) in [6.07, 6.45) is 11.0. The number of nitrogen functional groups attached to an aromatic ring is 1. The first-order chi connectivity index (χ1) is 18.1. The normalized spacial score (nSPS) is 27.7.